The molecule has 7 nitrogen and oxygen atoms in total. The molecule has 4 atom stereocenters. The minimum absolute atomic E-state index is 0.150. The molecule has 0 aliphatic carbocycles. The summed E-state index contributed by atoms with van der Waals surface area (Å²) in [4.78, 5) is 14.1. The van der Waals surface area contributed by atoms with Gasteiger partial charge in [0.25, 0.3) is 0 Å². The molecule has 0 spiro atoms. The molecule has 0 aromatic heterocycles. The smallest absolute Gasteiger partial charge is 0.151 e. The Kier molecular flexibility index (Phi) is 23.3. The number of allylic oxidation sites excluding steroid dienone is 6. The van der Waals surface area contributed by atoms with Gasteiger partial charge in [0.05, 0.1) is 29.4 Å². The third-order valence-corrected chi connectivity index (χ3v) is 7.38. The van der Waals surface area contributed by atoms with Crippen molar-refractivity contribution in [2.24, 2.45) is 9.98 Å². The molecule has 0 aromatic rings. The van der Waals surface area contributed by atoms with E-state index in [-0.39, 0.29) is 17.5 Å². The van der Waals surface area contributed by atoms with Crippen molar-refractivity contribution in [2.75, 3.05) is 26.2 Å². The fraction of sp³-hybridized carbons (Fsp3) is 0.556. The van der Waals surface area contributed by atoms with Crippen molar-refractivity contribution in [3.63, 3.8) is 0 Å². The molecule has 0 amide bonds. The average Bonchev–Trinajstić information content (AvgIpc) is 3.02. The summed E-state index contributed by atoms with van der Waals surface area (Å²) in [5.41, 5.74) is 3.36. The fourth-order valence-corrected chi connectivity index (χ4v) is 4.72. The van der Waals surface area contributed by atoms with Gasteiger partial charge in [-0.3, -0.25) is 14.9 Å². The van der Waals surface area contributed by atoms with Crippen LogP contribution in [0.3, 0.4) is 0 Å². The number of nitrogens with zero attached hydrogens (tertiary/aromatic N) is 4. The van der Waals surface area contributed by atoms with Crippen molar-refractivity contribution < 1.29 is 15.3 Å². The number of aliphatic imine (C=N–C) groups is 2. The summed E-state index contributed by atoms with van der Waals surface area (Å²) in [5, 5.41) is 29.6. The zero-order valence-corrected chi connectivity index (χ0v) is 28.8. The Morgan fingerprint density at radius 1 is 1.11 bits per heavy atom. The summed E-state index contributed by atoms with van der Waals surface area (Å²) in [6.45, 7) is 26.4. The molecule has 1 fully saturated rings. The monoisotopic (exact) mass is 630 g/mol. The van der Waals surface area contributed by atoms with E-state index in [1.807, 2.05) is 77.2 Å². The van der Waals surface area contributed by atoms with Crippen LogP contribution < -0.4 is 0 Å². The van der Waals surface area contributed by atoms with Gasteiger partial charge in [-0.2, -0.15) is 0 Å². The molecule has 0 saturated carbocycles. The highest BCUT2D eigenvalue weighted by Crippen LogP contribution is 2.21. The third-order valence-electron chi connectivity index (χ3n) is 7.03. The SMILES string of the molecule is C/C=C\C.C=CC(=C)N1CCN(C(O)C2=C/C(C)N=C(CCCCC(O)O)C(/C=C/CC(Cl)C=C)=NC/C=C\2)CC1C.CC. The Morgan fingerprint density at radius 2 is 1.80 bits per heavy atom. The van der Waals surface area contributed by atoms with E-state index >= 15 is 0 Å². The van der Waals surface area contributed by atoms with Gasteiger partial charge in [0, 0.05) is 31.4 Å². The van der Waals surface area contributed by atoms with Crippen LogP contribution in [0.5, 0.6) is 0 Å². The van der Waals surface area contributed by atoms with Crippen molar-refractivity contribution in [3.05, 3.63) is 85.7 Å². The highest BCUT2D eigenvalue weighted by molar-refractivity contribution is 6.46. The topological polar surface area (TPSA) is 91.9 Å². The van der Waals surface area contributed by atoms with E-state index in [9.17, 15) is 15.3 Å². The molecule has 44 heavy (non-hydrogen) atoms. The van der Waals surface area contributed by atoms with Crippen LogP contribution in [0.25, 0.3) is 0 Å². The quantitative estimate of drug-likeness (QED) is 0.0670. The molecular weight excluding hydrogens is 572 g/mol. The molecule has 2 heterocycles. The van der Waals surface area contributed by atoms with Gasteiger partial charge in [0.15, 0.2) is 6.29 Å². The first-order chi connectivity index (χ1) is 21.1. The molecule has 248 valence electrons. The Bertz CT molecular complexity index is 1020. The number of hydrogen-bond donors (Lipinski definition) is 3. The number of halogens is 1. The van der Waals surface area contributed by atoms with Crippen molar-refractivity contribution in [1.29, 1.82) is 0 Å². The van der Waals surface area contributed by atoms with Crippen LogP contribution >= 0.6 is 11.6 Å². The zero-order chi connectivity index (χ0) is 33.5. The predicted molar refractivity (Wildman–Crippen MR) is 192 cm³/mol. The summed E-state index contributed by atoms with van der Waals surface area (Å²) >= 11 is 6.19. The lowest BCUT2D eigenvalue weighted by Crippen LogP contribution is -2.54. The van der Waals surface area contributed by atoms with Crippen LogP contribution in [0.2, 0.25) is 0 Å². The first-order valence-corrected chi connectivity index (χ1v) is 16.4. The predicted octanol–water partition coefficient (Wildman–Crippen LogP) is 7.00. The van der Waals surface area contributed by atoms with Crippen LogP contribution in [0.4, 0.5) is 0 Å². The number of rotatable bonds is 13. The molecule has 3 N–H and O–H groups in total. The summed E-state index contributed by atoms with van der Waals surface area (Å²) in [6.07, 6.45) is 18.3. The van der Waals surface area contributed by atoms with Gasteiger partial charge in [0.2, 0.25) is 0 Å². The molecule has 2 aliphatic heterocycles. The highest BCUT2D eigenvalue weighted by atomic mass is 35.5. The Morgan fingerprint density at radius 3 is 2.36 bits per heavy atom. The molecule has 0 aromatic carbocycles. The highest BCUT2D eigenvalue weighted by Gasteiger charge is 2.29. The molecule has 0 bridgehead atoms. The van der Waals surface area contributed by atoms with Crippen molar-refractivity contribution >= 4 is 23.0 Å². The third kappa shape index (κ3) is 16.5. The maximum atomic E-state index is 11.3. The summed E-state index contributed by atoms with van der Waals surface area (Å²) < 4.78 is 0. The molecule has 0 radical (unpaired) electrons. The zero-order valence-electron chi connectivity index (χ0n) is 28.1. The van der Waals surface area contributed by atoms with Crippen molar-refractivity contribution in [1.82, 2.24) is 9.80 Å². The first kappa shape index (κ1) is 41.4. The molecular formula is C36H59ClN4O3. The van der Waals surface area contributed by atoms with Gasteiger partial charge in [-0.25, -0.2) is 0 Å². The van der Waals surface area contributed by atoms with Crippen molar-refractivity contribution in [2.45, 2.75) is 104 Å². The number of alkyl halides is 1. The normalized spacial score (nSPS) is 22.8. The van der Waals surface area contributed by atoms with Gasteiger partial charge in [-0.05, 0) is 77.5 Å². The molecule has 4 unspecified atom stereocenters. The largest absolute Gasteiger partial charge is 0.374 e. The van der Waals surface area contributed by atoms with Gasteiger partial charge in [0.1, 0.15) is 6.23 Å². The van der Waals surface area contributed by atoms with Crippen LogP contribution in [0, 0.1) is 0 Å². The molecule has 2 rings (SSSR count). The van der Waals surface area contributed by atoms with Crippen LogP contribution in [-0.2, 0) is 0 Å². The Balaban J connectivity index is 0.00000284. The van der Waals surface area contributed by atoms with Crippen LogP contribution in [-0.4, -0.2) is 92.7 Å². The Hall–Kier alpha value is -2.55. The van der Waals surface area contributed by atoms with E-state index in [0.717, 1.165) is 35.7 Å². The minimum atomic E-state index is -1.30. The Labute approximate surface area is 273 Å². The molecule has 2 aliphatic rings. The number of hydrogen-bond acceptors (Lipinski definition) is 7. The lowest BCUT2D eigenvalue weighted by atomic mass is 10.0. The van der Waals surface area contributed by atoms with Crippen molar-refractivity contribution in [3.8, 4) is 0 Å². The van der Waals surface area contributed by atoms with E-state index in [4.69, 9.17) is 21.6 Å². The fourth-order valence-electron chi connectivity index (χ4n) is 4.62. The summed E-state index contributed by atoms with van der Waals surface area (Å²) in [5.74, 6) is 0. The second kappa shape index (κ2) is 24.7. The van der Waals surface area contributed by atoms with E-state index in [1.165, 1.54) is 0 Å². The van der Waals surface area contributed by atoms with E-state index in [1.54, 1.807) is 12.2 Å². The maximum Gasteiger partial charge on any atom is 0.151 e. The lowest BCUT2D eigenvalue weighted by Gasteiger charge is -2.43. The van der Waals surface area contributed by atoms with Gasteiger partial charge < -0.3 is 20.2 Å². The summed E-state index contributed by atoms with van der Waals surface area (Å²) in [7, 11) is 0. The number of piperazine rings is 1. The second-order valence-corrected chi connectivity index (χ2v) is 11.1. The van der Waals surface area contributed by atoms with E-state index in [0.29, 0.717) is 45.3 Å². The number of unbranched alkanes of at least 4 members (excludes halogenated alkanes) is 1. The molecule has 1 saturated heterocycles. The number of aliphatic hydroxyl groups is 3. The van der Waals surface area contributed by atoms with E-state index in [2.05, 4.69) is 36.5 Å². The second-order valence-electron chi connectivity index (χ2n) is 10.5. The van der Waals surface area contributed by atoms with Gasteiger partial charge >= 0.3 is 0 Å². The minimum Gasteiger partial charge on any atom is -0.374 e. The standard InChI is InChI=1S/C30H45ClN4O3.C4H8.C2H6/c1-6-23(4)35-19-18-34(21-24(35)5)30(38)25-12-11-17-32-27(15-10-13-26(31)7-2)28(33-22(3)20-25)14-8-9-16-29(36)37;1-3-4-2;1-2/h6-7,10-12,15,20,22,24,26,29-30,36-38H,1-2,4,8-9,13-14,16-19,21H2,3,5H3;3-4H,1-2H3;1-2H3/b12-11-,15-10+,25-20+,32-27?,33-28?;4-3-;. The lowest BCUT2D eigenvalue weighted by molar-refractivity contribution is -0.0464. The van der Waals surface area contributed by atoms with Gasteiger partial charge in [-0.1, -0.05) is 69.5 Å². The van der Waals surface area contributed by atoms with E-state index < -0.39 is 12.5 Å². The van der Waals surface area contributed by atoms with Gasteiger partial charge in [-0.15, -0.1) is 18.2 Å². The first-order valence-electron chi connectivity index (χ1n) is 15.9. The maximum absolute atomic E-state index is 11.3. The van der Waals surface area contributed by atoms with Crippen LogP contribution in [0.1, 0.15) is 73.6 Å². The average molecular weight is 631 g/mol. The number of aliphatic hydroxyl groups excluding tert-OH is 2. The summed E-state index contributed by atoms with van der Waals surface area (Å²) in [6, 6.07) is 0.0211. The van der Waals surface area contributed by atoms with Crippen LogP contribution in [0.15, 0.2) is 95.7 Å². The molecule has 8 heteroatoms.